The number of nitrogens with one attached hydrogen (secondary N) is 1. The van der Waals surface area contributed by atoms with E-state index < -0.39 is 5.82 Å². The van der Waals surface area contributed by atoms with Crippen molar-refractivity contribution in [2.75, 3.05) is 5.73 Å². The van der Waals surface area contributed by atoms with Crippen molar-refractivity contribution < 1.29 is 13.7 Å². The molecule has 0 fully saturated rings. The molecular weight excluding hydrogens is 317 g/mol. The van der Waals surface area contributed by atoms with Crippen LogP contribution >= 0.6 is 15.9 Å². The van der Waals surface area contributed by atoms with Crippen molar-refractivity contribution in [2.24, 2.45) is 0 Å². The van der Waals surface area contributed by atoms with Crippen molar-refractivity contribution in [2.45, 2.75) is 13.5 Å². The summed E-state index contributed by atoms with van der Waals surface area (Å²) in [6, 6.07) is 4.15. The third-order valence-corrected chi connectivity index (χ3v) is 3.09. The van der Waals surface area contributed by atoms with Gasteiger partial charge in [-0.25, -0.2) is 4.39 Å². The maximum absolute atomic E-state index is 13.2. The predicted molar refractivity (Wildman–Crippen MR) is 70.9 cm³/mol. The molecule has 0 spiro atoms. The van der Waals surface area contributed by atoms with Crippen LogP contribution in [0.5, 0.6) is 0 Å². The SMILES string of the molecule is Cc1cc(CNC(=O)c2cc(N)c(F)cc2Br)on1. The number of carbonyl (C=O) groups is 1. The molecule has 0 radical (unpaired) electrons. The molecule has 5 nitrogen and oxygen atoms in total. The standard InChI is InChI=1S/C12H11BrFN3O2/c1-6-2-7(19-17-6)5-16-12(18)8-3-11(15)10(14)4-9(8)13/h2-4H,5,15H2,1H3,(H,16,18). The van der Waals surface area contributed by atoms with E-state index in [-0.39, 0.29) is 23.7 Å². The van der Waals surface area contributed by atoms with Gasteiger partial charge in [0.05, 0.1) is 23.5 Å². The summed E-state index contributed by atoms with van der Waals surface area (Å²) < 4.78 is 18.5. The Balaban J connectivity index is 2.10. The molecule has 2 aromatic rings. The van der Waals surface area contributed by atoms with Gasteiger partial charge in [-0.1, -0.05) is 5.16 Å². The van der Waals surface area contributed by atoms with Crippen molar-refractivity contribution in [3.63, 3.8) is 0 Å². The van der Waals surface area contributed by atoms with Gasteiger partial charge in [-0.15, -0.1) is 0 Å². The van der Waals surface area contributed by atoms with Crippen molar-refractivity contribution in [3.05, 3.63) is 45.5 Å². The Hall–Kier alpha value is -1.89. The number of benzene rings is 1. The normalized spacial score (nSPS) is 10.5. The van der Waals surface area contributed by atoms with Crippen LogP contribution in [0.15, 0.2) is 27.2 Å². The largest absolute Gasteiger partial charge is 0.396 e. The third-order valence-electron chi connectivity index (χ3n) is 2.43. The Kier molecular flexibility index (Phi) is 3.84. The van der Waals surface area contributed by atoms with E-state index in [2.05, 4.69) is 26.4 Å². The van der Waals surface area contributed by atoms with Crippen LogP contribution < -0.4 is 11.1 Å². The summed E-state index contributed by atoms with van der Waals surface area (Å²) in [5.41, 5.74) is 6.35. The van der Waals surface area contributed by atoms with E-state index in [9.17, 15) is 9.18 Å². The van der Waals surface area contributed by atoms with E-state index in [0.717, 1.165) is 11.8 Å². The number of hydrogen-bond donors (Lipinski definition) is 2. The monoisotopic (exact) mass is 327 g/mol. The predicted octanol–water partition coefficient (Wildman–Crippen LogP) is 2.40. The number of hydrogen-bond acceptors (Lipinski definition) is 4. The van der Waals surface area contributed by atoms with Gasteiger partial charge in [0, 0.05) is 10.5 Å². The van der Waals surface area contributed by atoms with Gasteiger partial charge in [0.2, 0.25) is 0 Å². The number of amides is 1. The van der Waals surface area contributed by atoms with Crippen LogP contribution in [0, 0.1) is 12.7 Å². The zero-order valence-electron chi connectivity index (χ0n) is 10.0. The van der Waals surface area contributed by atoms with Crippen molar-refractivity contribution in [1.82, 2.24) is 10.5 Å². The number of nitrogens with two attached hydrogens (primary N) is 1. The lowest BCUT2D eigenvalue weighted by atomic mass is 10.2. The highest BCUT2D eigenvalue weighted by Crippen LogP contribution is 2.22. The summed E-state index contributed by atoms with van der Waals surface area (Å²) in [5, 5.41) is 6.34. The lowest BCUT2D eigenvalue weighted by Crippen LogP contribution is -2.23. The highest BCUT2D eigenvalue weighted by atomic mass is 79.9. The number of nitrogen functional groups attached to an aromatic ring is 1. The summed E-state index contributed by atoms with van der Waals surface area (Å²) in [6.45, 7) is 1.98. The van der Waals surface area contributed by atoms with Crippen LogP contribution in [0.2, 0.25) is 0 Å². The second kappa shape index (κ2) is 5.40. The van der Waals surface area contributed by atoms with Crippen molar-refractivity contribution in [3.8, 4) is 0 Å². The Morgan fingerprint density at radius 2 is 2.26 bits per heavy atom. The summed E-state index contributed by atoms with van der Waals surface area (Å²) >= 11 is 3.12. The molecule has 0 saturated heterocycles. The highest BCUT2D eigenvalue weighted by molar-refractivity contribution is 9.10. The molecule has 19 heavy (non-hydrogen) atoms. The Morgan fingerprint density at radius 1 is 1.53 bits per heavy atom. The van der Waals surface area contributed by atoms with E-state index in [1.54, 1.807) is 13.0 Å². The Morgan fingerprint density at radius 3 is 2.89 bits per heavy atom. The number of nitrogens with zero attached hydrogens (tertiary/aromatic N) is 1. The fourth-order valence-electron chi connectivity index (χ4n) is 1.50. The van der Waals surface area contributed by atoms with Crippen LogP contribution in [0.1, 0.15) is 21.8 Å². The molecule has 1 amide bonds. The Labute approximate surface area is 117 Å². The quantitative estimate of drug-likeness (QED) is 0.848. The molecule has 0 aliphatic carbocycles. The van der Waals surface area contributed by atoms with Crippen molar-refractivity contribution in [1.29, 1.82) is 0 Å². The molecule has 0 unspecified atom stereocenters. The van der Waals surface area contributed by atoms with Gasteiger partial charge in [-0.05, 0) is 35.0 Å². The fourth-order valence-corrected chi connectivity index (χ4v) is 2.00. The molecule has 0 atom stereocenters. The molecule has 0 aliphatic heterocycles. The molecule has 0 bridgehead atoms. The van der Waals surface area contributed by atoms with Gasteiger partial charge in [-0.3, -0.25) is 4.79 Å². The van der Waals surface area contributed by atoms with Gasteiger partial charge < -0.3 is 15.6 Å². The molecule has 1 aromatic heterocycles. The van der Waals surface area contributed by atoms with Crippen LogP contribution in [0.25, 0.3) is 0 Å². The summed E-state index contributed by atoms with van der Waals surface area (Å²) in [6.07, 6.45) is 0. The van der Waals surface area contributed by atoms with Gasteiger partial charge in [0.1, 0.15) is 5.82 Å². The molecule has 0 saturated carbocycles. The molecule has 3 N–H and O–H groups in total. The first-order valence-electron chi connectivity index (χ1n) is 5.42. The minimum absolute atomic E-state index is 0.0798. The first kappa shape index (κ1) is 13.5. The van der Waals surface area contributed by atoms with Crippen LogP contribution in [-0.4, -0.2) is 11.1 Å². The zero-order valence-corrected chi connectivity index (χ0v) is 11.6. The number of anilines is 1. The zero-order chi connectivity index (χ0) is 14.0. The number of rotatable bonds is 3. The number of aromatic nitrogens is 1. The van der Waals surface area contributed by atoms with Crippen LogP contribution in [0.4, 0.5) is 10.1 Å². The van der Waals surface area contributed by atoms with E-state index in [0.29, 0.717) is 10.2 Å². The van der Waals surface area contributed by atoms with E-state index in [4.69, 9.17) is 10.3 Å². The molecule has 2 rings (SSSR count). The molecular formula is C12H11BrFN3O2. The van der Waals surface area contributed by atoms with Gasteiger partial charge >= 0.3 is 0 Å². The molecule has 7 heteroatoms. The maximum atomic E-state index is 13.2. The molecule has 1 aromatic carbocycles. The molecule has 0 aliphatic rings. The second-order valence-electron chi connectivity index (χ2n) is 3.97. The lowest BCUT2D eigenvalue weighted by Gasteiger charge is -2.07. The lowest BCUT2D eigenvalue weighted by molar-refractivity contribution is 0.0946. The summed E-state index contributed by atoms with van der Waals surface area (Å²) in [4.78, 5) is 11.9. The minimum Gasteiger partial charge on any atom is -0.396 e. The maximum Gasteiger partial charge on any atom is 0.252 e. The smallest absolute Gasteiger partial charge is 0.252 e. The highest BCUT2D eigenvalue weighted by Gasteiger charge is 2.13. The fraction of sp³-hybridized carbons (Fsp3) is 0.167. The third kappa shape index (κ3) is 3.11. The van der Waals surface area contributed by atoms with Crippen LogP contribution in [-0.2, 0) is 6.54 Å². The van der Waals surface area contributed by atoms with Crippen LogP contribution in [0.3, 0.4) is 0 Å². The number of carbonyl (C=O) groups excluding carboxylic acids is 1. The molecule has 1 heterocycles. The first-order chi connectivity index (χ1) is 8.97. The summed E-state index contributed by atoms with van der Waals surface area (Å²) in [7, 11) is 0. The van der Waals surface area contributed by atoms with Gasteiger partial charge in [0.25, 0.3) is 5.91 Å². The van der Waals surface area contributed by atoms with Crippen molar-refractivity contribution >= 4 is 27.5 Å². The Bertz CT molecular complexity index is 627. The average Bonchev–Trinajstić information content (AvgIpc) is 2.77. The first-order valence-corrected chi connectivity index (χ1v) is 6.21. The van der Waals surface area contributed by atoms with Gasteiger partial charge in [-0.2, -0.15) is 0 Å². The topological polar surface area (TPSA) is 81.2 Å². The van der Waals surface area contributed by atoms with E-state index in [1.165, 1.54) is 6.07 Å². The number of aryl methyl sites for hydroxylation is 1. The molecule has 100 valence electrons. The second-order valence-corrected chi connectivity index (χ2v) is 4.83. The van der Waals surface area contributed by atoms with Gasteiger partial charge in [0.15, 0.2) is 5.76 Å². The summed E-state index contributed by atoms with van der Waals surface area (Å²) in [5.74, 6) is -0.418. The van der Waals surface area contributed by atoms with E-state index >= 15 is 0 Å². The van der Waals surface area contributed by atoms with E-state index in [1.807, 2.05) is 0 Å². The number of halogens is 2. The minimum atomic E-state index is -0.575. The average molecular weight is 328 g/mol.